The van der Waals surface area contributed by atoms with E-state index in [1.165, 1.54) is 0 Å². The number of nitrogens with zero attached hydrogens (tertiary/aromatic N) is 2. The Kier molecular flexibility index (Phi) is 6.49. The number of carbonyl (C=O) groups excluding carboxylic acids is 1. The fourth-order valence-corrected chi connectivity index (χ4v) is 2.88. The number of urea groups is 1. The average Bonchev–Trinajstić information content (AvgIpc) is 2.76. The molecular formula is C16H24ClN3O2. The van der Waals surface area contributed by atoms with Gasteiger partial charge in [-0.1, -0.05) is 24.6 Å². The molecule has 0 spiro atoms. The van der Waals surface area contributed by atoms with E-state index in [2.05, 4.69) is 17.1 Å². The number of rotatable bonds is 4. The Morgan fingerprint density at radius 3 is 2.86 bits per heavy atom. The van der Waals surface area contributed by atoms with Crippen LogP contribution in [0.1, 0.15) is 18.9 Å². The summed E-state index contributed by atoms with van der Waals surface area (Å²) in [6.07, 6.45) is 1.00. The van der Waals surface area contributed by atoms with E-state index in [0.717, 1.165) is 50.4 Å². The molecule has 1 N–H and O–H groups in total. The summed E-state index contributed by atoms with van der Waals surface area (Å²) in [6, 6.07) is 5.42. The SMILES string of the molecule is CCN1CCCN(C(=O)Nc2cccc(Cl)c2COC)CC1. The largest absolute Gasteiger partial charge is 0.380 e. The normalized spacial score (nSPS) is 16.4. The molecule has 0 saturated carbocycles. The Labute approximate surface area is 137 Å². The van der Waals surface area contributed by atoms with Crippen LogP contribution < -0.4 is 5.32 Å². The Morgan fingerprint density at radius 2 is 2.14 bits per heavy atom. The van der Waals surface area contributed by atoms with Crippen molar-refractivity contribution < 1.29 is 9.53 Å². The third kappa shape index (κ3) is 4.35. The molecule has 5 nitrogen and oxygen atoms in total. The smallest absolute Gasteiger partial charge is 0.321 e. The molecule has 1 heterocycles. The third-order valence-corrected chi connectivity index (χ3v) is 4.33. The number of hydrogen-bond donors (Lipinski definition) is 1. The second-order valence-corrected chi connectivity index (χ2v) is 5.81. The number of likely N-dealkylation sites (N-methyl/N-ethyl adjacent to an activating group) is 1. The van der Waals surface area contributed by atoms with Gasteiger partial charge in [-0.05, 0) is 31.6 Å². The summed E-state index contributed by atoms with van der Waals surface area (Å²) in [5, 5.41) is 3.57. The lowest BCUT2D eigenvalue weighted by molar-refractivity contribution is 0.185. The third-order valence-electron chi connectivity index (χ3n) is 3.97. The highest BCUT2D eigenvalue weighted by Crippen LogP contribution is 2.25. The molecule has 2 amide bonds. The van der Waals surface area contributed by atoms with Gasteiger partial charge in [-0.2, -0.15) is 0 Å². The minimum absolute atomic E-state index is 0.0717. The lowest BCUT2D eigenvalue weighted by atomic mass is 10.2. The van der Waals surface area contributed by atoms with Crippen molar-refractivity contribution in [2.24, 2.45) is 0 Å². The molecule has 0 atom stereocenters. The van der Waals surface area contributed by atoms with Crippen LogP contribution in [0.2, 0.25) is 5.02 Å². The standard InChI is InChI=1S/C16H24ClN3O2/c1-3-19-8-5-9-20(11-10-19)16(21)18-15-7-4-6-14(17)13(15)12-22-2/h4,6-7H,3,5,8-12H2,1-2H3,(H,18,21). The summed E-state index contributed by atoms with van der Waals surface area (Å²) in [7, 11) is 1.61. The first kappa shape index (κ1) is 17.1. The van der Waals surface area contributed by atoms with Crippen molar-refractivity contribution in [1.29, 1.82) is 0 Å². The van der Waals surface area contributed by atoms with Crippen molar-refractivity contribution in [3.8, 4) is 0 Å². The van der Waals surface area contributed by atoms with Gasteiger partial charge in [0.15, 0.2) is 0 Å². The molecule has 1 aliphatic rings. The highest BCUT2D eigenvalue weighted by molar-refractivity contribution is 6.31. The molecule has 22 heavy (non-hydrogen) atoms. The van der Waals surface area contributed by atoms with E-state index in [1.807, 2.05) is 17.0 Å². The van der Waals surface area contributed by atoms with E-state index < -0.39 is 0 Å². The van der Waals surface area contributed by atoms with E-state index in [9.17, 15) is 4.79 Å². The number of hydrogen-bond acceptors (Lipinski definition) is 3. The number of halogens is 1. The van der Waals surface area contributed by atoms with E-state index in [-0.39, 0.29) is 6.03 Å². The highest BCUT2D eigenvalue weighted by Gasteiger charge is 2.19. The molecule has 0 aromatic heterocycles. The first-order chi connectivity index (χ1) is 10.7. The summed E-state index contributed by atoms with van der Waals surface area (Å²) < 4.78 is 5.17. The maximum atomic E-state index is 12.5. The summed E-state index contributed by atoms with van der Waals surface area (Å²) in [5.41, 5.74) is 1.53. The second-order valence-electron chi connectivity index (χ2n) is 5.40. The van der Waals surface area contributed by atoms with Crippen molar-refractivity contribution >= 4 is 23.3 Å². The predicted molar refractivity (Wildman–Crippen MR) is 89.5 cm³/mol. The molecule has 0 bridgehead atoms. The Bertz CT molecular complexity index is 510. The minimum atomic E-state index is -0.0717. The number of nitrogens with one attached hydrogen (secondary N) is 1. The van der Waals surface area contributed by atoms with Gasteiger partial charge in [0.2, 0.25) is 0 Å². The number of ether oxygens (including phenoxy) is 1. The molecule has 122 valence electrons. The monoisotopic (exact) mass is 325 g/mol. The van der Waals surface area contributed by atoms with Crippen LogP contribution in [0.4, 0.5) is 10.5 Å². The van der Waals surface area contributed by atoms with Gasteiger partial charge in [0.1, 0.15) is 0 Å². The van der Waals surface area contributed by atoms with Gasteiger partial charge in [-0.25, -0.2) is 4.79 Å². The fraction of sp³-hybridized carbons (Fsp3) is 0.562. The van der Waals surface area contributed by atoms with Crippen LogP contribution in [-0.4, -0.2) is 55.7 Å². The van der Waals surface area contributed by atoms with Crippen molar-refractivity contribution in [1.82, 2.24) is 9.80 Å². The molecule has 0 aliphatic carbocycles. The molecule has 1 fully saturated rings. The molecule has 1 saturated heterocycles. The second kappa shape index (κ2) is 8.36. The van der Waals surface area contributed by atoms with Crippen LogP contribution in [0.25, 0.3) is 0 Å². The zero-order valence-electron chi connectivity index (χ0n) is 13.3. The Balaban J connectivity index is 2.04. The van der Waals surface area contributed by atoms with Crippen LogP contribution in [0, 0.1) is 0 Å². The minimum Gasteiger partial charge on any atom is -0.380 e. The molecule has 0 radical (unpaired) electrons. The number of amides is 2. The topological polar surface area (TPSA) is 44.8 Å². The molecule has 0 unspecified atom stereocenters. The zero-order valence-corrected chi connectivity index (χ0v) is 14.0. The van der Waals surface area contributed by atoms with Crippen LogP contribution in [0.15, 0.2) is 18.2 Å². The number of benzene rings is 1. The van der Waals surface area contributed by atoms with E-state index in [4.69, 9.17) is 16.3 Å². The molecule has 6 heteroatoms. The maximum Gasteiger partial charge on any atom is 0.321 e. The van der Waals surface area contributed by atoms with Crippen molar-refractivity contribution in [2.75, 3.05) is 45.2 Å². The van der Waals surface area contributed by atoms with Crippen LogP contribution in [-0.2, 0) is 11.3 Å². The van der Waals surface area contributed by atoms with Gasteiger partial charge < -0.3 is 19.9 Å². The molecule has 1 aromatic carbocycles. The van der Waals surface area contributed by atoms with E-state index >= 15 is 0 Å². The van der Waals surface area contributed by atoms with Crippen molar-refractivity contribution in [2.45, 2.75) is 20.0 Å². The first-order valence-corrected chi connectivity index (χ1v) is 8.08. The Hall–Kier alpha value is -1.30. The Morgan fingerprint density at radius 1 is 1.32 bits per heavy atom. The van der Waals surface area contributed by atoms with Gasteiger partial charge in [-0.3, -0.25) is 0 Å². The summed E-state index contributed by atoms with van der Waals surface area (Å²) in [4.78, 5) is 16.7. The van der Waals surface area contributed by atoms with E-state index in [1.54, 1.807) is 13.2 Å². The summed E-state index contributed by atoms with van der Waals surface area (Å²) >= 11 is 6.19. The van der Waals surface area contributed by atoms with Crippen LogP contribution >= 0.6 is 11.6 Å². The predicted octanol–water partition coefficient (Wildman–Crippen LogP) is 3.05. The summed E-state index contributed by atoms with van der Waals surface area (Å²) in [6.45, 7) is 7.05. The average molecular weight is 326 g/mol. The highest BCUT2D eigenvalue weighted by atomic mass is 35.5. The first-order valence-electron chi connectivity index (χ1n) is 7.70. The van der Waals surface area contributed by atoms with Gasteiger partial charge in [-0.15, -0.1) is 0 Å². The fourth-order valence-electron chi connectivity index (χ4n) is 2.65. The van der Waals surface area contributed by atoms with E-state index in [0.29, 0.717) is 11.6 Å². The van der Waals surface area contributed by atoms with Gasteiger partial charge in [0.05, 0.1) is 6.61 Å². The number of carbonyl (C=O) groups is 1. The molecular weight excluding hydrogens is 302 g/mol. The van der Waals surface area contributed by atoms with Crippen molar-refractivity contribution in [3.63, 3.8) is 0 Å². The van der Waals surface area contributed by atoms with Crippen LogP contribution in [0.5, 0.6) is 0 Å². The molecule has 1 aromatic rings. The molecule has 2 rings (SSSR count). The maximum absolute atomic E-state index is 12.5. The van der Waals surface area contributed by atoms with Gasteiger partial charge in [0, 0.05) is 43.0 Å². The van der Waals surface area contributed by atoms with Gasteiger partial charge in [0.25, 0.3) is 0 Å². The molecule has 1 aliphatic heterocycles. The van der Waals surface area contributed by atoms with Gasteiger partial charge >= 0.3 is 6.03 Å². The van der Waals surface area contributed by atoms with Crippen LogP contribution in [0.3, 0.4) is 0 Å². The quantitative estimate of drug-likeness (QED) is 0.925. The number of methoxy groups -OCH3 is 1. The zero-order chi connectivity index (χ0) is 15.9. The number of anilines is 1. The van der Waals surface area contributed by atoms with Crippen molar-refractivity contribution in [3.05, 3.63) is 28.8 Å². The lowest BCUT2D eigenvalue weighted by Crippen LogP contribution is -2.38. The summed E-state index contributed by atoms with van der Waals surface area (Å²) in [5.74, 6) is 0. The lowest BCUT2D eigenvalue weighted by Gasteiger charge is -2.22.